The summed E-state index contributed by atoms with van der Waals surface area (Å²) in [7, 11) is 0. The minimum absolute atomic E-state index is 0.0692. The van der Waals surface area contributed by atoms with E-state index < -0.39 is 0 Å². The third-order valence-corrected chi connectivity index (χ3v) is 4.22. The van der Waals surface area contributed by atoms with Gasteiger partial charge in [0, 0.05) is 19.1 Å². The van der Waals surface area contributed by atoms with Crippen molar-refractivity contribution in [3.8, 4) is 0 Å². The Morgan fingerprint density at radius 1 is 1.33 bits per heavy atom. The smallest absolute Gasteiger partial charge is 0.250 e. The van der Waals surface area contributed by atoms with Crippen molar-refractivity contribution in [1.29, 1.82) is 0 Å². The summed E-state index contributed by atoms with van der Waals surface area (Å²) in [5, 5.41) is 6.42. The van der Waals surface area contributed by atoms with Gasteiger partial charge in [0.15, 0.2) is 0 Å². The summed E-state index contributed by atoms with van der Waals surface area (Å²) >= 11 is 0. The molecule has 1 saturated carbocycles. The van der Waals surface area contributed by atoms with Gasteiger partial charge in [-0.2, -0.15) is 0 Å². The average molecular weight is 254 g/mol. The van der Waals surface area contributed by atoms with E-state index in [1.54, 1.807) is 0 Å². The highest BCUT2D eigenvalue weighted by Gasteiger charge is 2.31. The second-order valence-corrected chi connectivity index (χ2v) is 5.87. The van der Waals surface area contributed by atoms with Gasteiger partial charge in [-0.15, -0.1) is 0 Å². The monoisotopic (exact) mass is 254 g/mol. The van der Waals surface area contributed by atoms with Crippen molar-refractivity contribution in [3.05, 3.63) is 0 Å². The lowest BCUT2D eigenvalue weighted by Gasteiger charge is -2.36. The molecule has 18 heavy (non-hydrogen) atoms. The molecule has 0 spiro atoms. The molecule has 0 aromatic rings. The lowest BCUT2D eigenvalue weighted by molar-refractivity contribution is -0.135. The summed E-state index contributed by atoms with van der Waals surface area (Å²) in [6.45, 7) is 6.64. The Kier molecular flexibility index (Phi) is 5.01. The van der Waals surface area contributed by atoms with Crippen LogP contribution < -0.4 is 10.6 Å². The molecule has 1 aliphatic heterocycles. The van der Waals surface area contributed by atoms with Gasteiger partial charge >= 0.3 is 0 Å². The molecule has 0 bridgehead atoms. The third kappa shape index (κ3) is 3.45. The van der Waals surface area contributed by atoms with Crippen molar-refractivity contribution < 1.29 is 9.53 Å². The molecule has 2 fully saturated rings. The predicted molar refractivity (Wildman–Crippen MR) is 71.3 cm³/mol. The zero-order valence-electron chi connectivity index (χ0n) is 11.6. The number of carbonyl (C=O) groups excluding carboxylic acids is 1. The third-order valence-electron chi connectivity index (χ3n) is 4.22. The SMILES string of the molecule is CC(C)C1CCCCC1NC(=O)C1CNCCO1. The lowest BCUT2D eigenvalue weighted by Crippen LogP contribution is -2.52. The Bertz CT molecular complexity index is 275. The van der Waals surface area contributed by atoms with Gasteiger partial charge in [-0.05, 0) is 24.7 Å². The van der Waals surface area contributed by atoms with Crippen LogP contribution >= 0.6 is 0 Å². The van der Waals surface area contributed by atoms with E-state index in [1.165, 1.54) is 19.3 Å². The summed E-state index contributed by atoms with van der Waals surface area (Å²) in [5.41, 5.74) is 0. The van der Waals surface area contributed by atoms with Crippen molar-refractivity contribution in [1.82, 2.24) is 10.6 Å². The van der Waals surface area contributed by atoms with Crippen molar-refractivity contribution in [2.45, 2.75) is 51.7 Å². The number of morpholine rings is 1. The molecule has 2 rings (SSSR count). The zero-order chi connectivity index (χ0) is 13.0. The van der Waals surface area contributed by atoms with E-state index in [0.717, 1.165) is 13.0 Å². The van der Waals surface area contributed by atoms with E-state index >= 15 is 0 Å². The highest BCUT2D eigenvalue weighted by Crippen LogP contribution is 2.30. The topological polar surface area (TPSA) is 50.4 Å². The Balaban J connectivity index is 1.87. The molecule has 2 aliphatic rings. The maximum atomic E-state index is 12.2. The Hall–Kier alpha value is -0.610. The molecule has 4 heteroatoms. The van der Waals surface area contributed by atoms with E-state index in [2.05, 4.69) is 24.5 Å². The Morgan fingerprint density at radius 2 is 2.11 bits per heavy atom. The minimum Gasteiger partial charge on any atom is -0.366 e. The first kappa shape index (κ1) is 13.8. The number of hydrogen-bond acceptors (Lipinski definition) is 3. The number of nitrogens with one attached hydrogen (secondary N) is 2. The number of amides is 1. The van der Waals surface area contributed by atoms with Gasteiger partial charge in [-0.1, -0.05) is 26.7 Å². The van der Waals surface area contributed by atoms with Crippen LogP contribution in [0.5, 0.6) is 0 Å². The van der Waals surface area contributed by atoms with Crippen molar-refractivity contribution in [2.24, 2.45) is 11.8 Å². The van der Waals surface area contributed by atoms with Crippen molar-refractivity contribution in [2.75, 3.05) is 19.7 Å². The van der Waals surface area contributed by atoms with Crippen molar-refractivity contribution in [3.63, 3.8) is 0 Å². The van der Waals surface area contributed by atoms with Crippen LogP contribution in [0, 0.1) is 11.8 Å². The summed E-state index contributed by atoms with van der Waals surface area (Å²) in [6, 6.07) is 0.344. The van der Waals surface area contributed by atoms with Gasteiger partial charge in [0.05, 0.1) is 6.61 Å². The highest BCUT2D eigenvalue weighted by atomic mass is 16.5. The summed E-state index contributed by atoms with van der Waals surface area (Å²) in [5.74, 6) is 1.33. The summed E-state index contributed by atoms with van der Waals surface area (Å²) in [6.07, 6.45) is 4.60. The van der Waals surface area contributed by atoms with Gasteiger partial charge in [-0.3, -0.25) is 4.79 Å². The molecule has 3 unspecified atom stereocenters. The summed E-state index contributed by atoms with van der Waals surface area (Å²) < 4.78 is 5.50. The molecule has 1 heterocycles. The predicted octanol–water partition coefficient (Wildman–Crippen LogP) is 1.31. The number of ether oxygens (including phenoxy) is 1. The fraction of sp³-hybridized carbons (Fsp3) is 0.929. The molecular weight excluding hydrogens is 228 g/mol. The zero-order valence-corrected chi connectivity index (χ0v) is 11.6. The molecule has 1 saturated heterocycles. The number of rotatable bonds is 3. The number of carbonyl (C=O) groups is 1. The van der Waals surface area contributed by atoms with Gasteiger partial charge < -0.3 is 15.4 Å². The Labute approximate surface area is 110 Å². The molecular formula is C14H26N2O2. The van der Waals surface area contributed by atoms with E-state index in [0.29, 0.717) is 31.0 Å². The van der Waals surface area contributed by atoms with Crippen LogP contribution in [0.4, 0.5) is 0 Å². The summed E-state index contributed by atoms with van der Waals surface area (Å²) in [4.78, 5) is 12.2. The molecule has 0 aromatic heterocycles. The first-order valence-electron chi connectivity index (χ1n) is 7.31. The van der Waals surface area contributed by atoms with Gasteiger partial charge in [0.25, 0.3) is 5.91 Å². The molecule has 0 aromatic carbocycles. The van der Waals surface area contributed by atoms with Gasteiger partial charge in [-0.25, -0.2) is 0 Å². The fourth-order valence-electron chi connectivity index (χ4n) is 3.15. The van der Waals surface area contributed by atoms with Crippen LogP contribution in [0.3, 0.4) is 0 Å². The van der Waals surface area contributed by atoms with Crippen LogP contribution in [-0.2, 0) is 9.53 Å². The van der Waals surface area contributed by atoms with E-state index in [4.69, 9.17) is 4.74 Å². The van der Waals surface area contributed by atoms with Crippen LogP contribution in [0.15, 0.2) is 0 Å². The number of hydrogen-bond donors (Lipinski definition) is 2. The van der Waals surface area contributed by atoms with E-state index in [-0.39, 0.29) is 12.0 Å². The van der Waals surface area contributed by atoms with Crippen LogP contribution in [-0.4, -0.2) is 37.7 Å². The first-order valence-corrected chi connectivity index (χ1v) is 7.31. The van der Waals surface area contributed by atoms with Crippen LogP contribution in [0.25, 0.3) is 0 Å². The standard InChI is InChI=1S/C14H26N2O2/c1-10(2)11-5-3-4-6-12(11)16-14(17)13-9-15-7-8-18-13/h10-13,15H,3-9H2,1-2H3,(H,16,17). The van der Waals surface area contributed by atoms with Gasteiger partial charge in [0.1, 0.15) is 6.10 Å². The molecule has 0 radical (unpaired) electrons. The minimum atomic E-state index is -0.298. The first-order chi connectivity index (χ1) is 8.68. The van der Waals surface area contributed by atoms with Crippen molar-refractivity contribution >= 4 is 5.91 Å². The molecule has 1 aliphatic carbocycles. The fourth-order valence-corrected chi connectivity index (χ4v) is 3.15. The van der Waals surface area contributed by atoms with E-state index in [1.807, 2.05) is 0 Å². The highest BCUT2D eigenvalue weighted by molar-refractivity contribution is 5.81. The molecule has 3 atom stereocenters. The maximum absolute atomic E-state index is 12.2. The Morgan fingerprint density at radius 3 is 2.78 bits per heavy atom. The molecule has 2 N–H and O–H groups in total. The average Bonchev–Trinajstić information content (AvgIpc) is 2.40. The van der Waals surface area contributed by atoms with Gasteiger partial charge in [0.2, 0.25) is 0 Å². The molecule has 4 nitrogen and oxygen atoms in total. The maximum Gasteiger partial charge on any atom is 0.250 e. The second-order valence-electron chi connectivity index (χ2n) is 5.87. The normalized spacial score (nSPS) is 33.4. The second kappa shape index (κ2) is 6.53. The van der Waals surface area contributed by atoms with E-state index in [9.17, 15) is 4.79 Å². The van der Waals surface area contributed by atoms with Crippen LogP contribution in [0.2, 0.25) is 0 Å². The molecule has 104 valence electrons. The largest absolute Gasteiger partial charge is 0.366 e. The quantitative estimate of drug-likeness (QED) is 0.798. The lowest BCUT2D eigenvalue weighted by atomic mass is 9.78. The molecule has 1 amide bonds. The van der Waals surface area contributed by atoms with Crippen LogP contribution in [0.1, 0.15) is 39.5 Å².